The Morgan fingerprint density at radius 2 is 1.70 bits per heavy atom. The van der Waals surface area contributed by atoms with Crippen LogP contribution in [0.2, 0.25) is 0 Å². The lowest BCUT2D eigenvalue weighted by Gasteiger charge is -2.44. The van der Waals surface area contributed by atoms with E-state index < -0.39 is 5.41 Å². The van der Waals surface area contributed by atoms with Gasteiger partial charge >= 0.3 is 0 Å². The van der Waals surface area contributed by atoms with E-state index in [0.29, 0.717) is 30.7 Å². The number of halogens is 1. The molecule has 0 spiro atoms. The van der Waals surface area contributed by atoms with Gasteiger partial charge in [0.15, 0.2) is 0 Å². The highest BCUT2D eigenvalue weighted by Crippen LogP contribution is 2.43. The second kappa shape index (κ2) is 9.62. The zero-order valence-electron chi connectivity index (χ0n) is 18.2. The fourth-order valence-electron chi connectivity index (χ4n) is 6.37. The summed E-state index contributed by atoms with van der Waals surface area (Å²) < 4.78 is 13.8. The summed E-state index contributed by atoms with van der Waals surface area (Å²) in [4.78, 5) is 28.2. The van der Waals surface area contributed by atoms with Crippen LogP contribution in [0.4, 0.5) is 4.39 Å². The Morgan fingerprint density at radius 3 is 2.50 bits per heavy atom. The fourth-order valence-corrected chi connectivity index (χ4v) is 6.37. The molecule has 1 aliphatic heterocycles. The molecule has 164 valence electrons. The largest absolute Gasteiger partial charge is 0.339 e. The molecule has 2 unspecified atom stereocenters. The summed E-state index contributed by atoms with van der Waals surface area (Å²) in [5.41, 5.74) is 0.339. The van der Waals surface area contributed by atoms with Crippen LogP contribution in [0.25, 0.3) is 0 Å². The zero-order chi connectivity index (χ0) is 21.0. The molecule has 2 saturated carbocycles. The van der Waals surface area contributed by atoms with Gasteiger partial charge in [-0.05, 0) is 75.0 Å². The molecule has 2 atom stereocenters. The average Bonchev–Trinajstić information content (AvgIpc) is 3.27. The first-order valence-corrected chi connectivity index (χ1v) is 12.2. The Kier molecular flexibility index (Phi) is 6.90. The minimum Gasteiger partial charge on any atom is -0.339 e. The van der Waals surface area contributed by atoms with Crippen molar-refractivity contribution in [1.82, 2.24) is 4.90 Å². The number of hydrogen-bond donors (Lipinski definition) is 0. The molecule has 0 aromatic heterocycles. The SMILES string of the molecule is O=C(CCCCC(=O)C1(c2cccc(F)c2)CCCC1)N1CCCC2CCCCC21. The molecule has 4 rings (SSSR count). The summed E-state index contributed by atoms with van der Waals surface area (Å²) in [6.07, 6.45) is 13.7. The van der Waals surface area contributed by atoms with E-state index in [1.807, 2.05) is 6.07 Å². The van der Waals surface area contributed by atoms with E-state index in [4.69, 9.17) is 0 Å². The molecule has 1 amide bonds. The molecule has 3 fully saturated rings. The van der Waals surface area contributed by atoms with E-state index >= 15 is 0 Å². The average molecular weight is 414 g/mol. The number of benzene rings is 1. The number of fused-ring (bicyclic) bond motifs is 1. The van der Waals surface area contributed by atoms with Gasteiger partial charge in [-0.1, -0.05) is 37.8 Å². The van der Waals surface area contributed by atoms with E-state index in [9.17, 15) is 14.0 Å². The second-order valence-corrected chi connectivity index (χ2v) is 9.77. The molecule has 2 aliphatic carbocycles. The lowest BCUT2D eigenvalue weighted by atomic mass is 9.74. The van der Waals surface area contributed by atoms with Gasteiger partial charge in [0.1, 0.15) is 11.6 Å². The molecule has 4 heteroatoms. The Morgan fingerprint density at radius 1 is 0.967 bits per heavy atom. The summed E-state index contributed by atoms with van der Waals surface area (Å²) in [6.45, 7) is 0.918. The lowest BCUT2D eigenvalue weighted by molar-refractivity contribution is -0.137. The number of hydrogen-bond acceptors (Lipinski definition) is 2. The van der Waals surface area contributed by atoms with Gasteiger partial charge in [0, 0.05) is 25.4 Å². The normalized spacial score (nSPS) is 25.7. The topological polar surface area (TPSA) is 37.4 Å². The molecule has 1 aromatic carbocycles. The van der Waals surface area contributed by atoms with Gasteiger partial charge in [0.2, 0.25) is 5.91 Å². The fraction of sp³-hybridized carbons (Fsp3) is 0.692. The van der Waals surface area contributed by atoms with Gasteiger partial charge in [-0.15, -0.1) is 0 Å². The standard InChI is InChI=1S/C26H36FNO2/c27-22-12-7-11-21(19-22)26(16-5-6-17-26)24(29)14-3-4-15-25(30)28-18-8-10-20-9-1-2-13-23(20)28/h7,11-12,19-20,23H,1-6,8-10,13-18H2. The van der Waals surface area contributed by atoms with E-state index in [2.05, 4.69) is 4.90 Å². The number of nitrogens with zero attached hydrogens (tertiary/aromatic N) is 1. The first kappa shape index (κ1) is 21.5. The minimum atomic E-state index is -0.506. The van der Waals surface area contributed by atoms with Crippen LogP contribution in [0.15, 0.2) is 24.3 Å². The summed E-state index contributed by atoms with van der Waals surface area (Å²) in [6, 6.07) is 7.08. The van der Waals surface area contributed by atoms with Gasteiger partial charge in [0.05, 0.1) is 5.41 Å². The van der Waals surface area contributed by atoms with Crippen molar-refractivity contribution in [2.45, 2.75) is 101 Å². The van der Waals surface area contributed by atoms with Crippen molar-refractivity contribution in [3.63, 3.8) is 0 Å². The van der Waals surface area contributed by atoms with Crippen LogP contribution in [0.5, 0.6) is 0 Å². The highest BCUT2D eigenvalue weighted by molar-refractivity contribution is 5.90. The van der Waals surface area contributed by atoms with Gasteiger partial charge in [0.25, 0.3) is 0 Å². The first-order valence-electron chi connectivity index (χ1n) is 12.2. The summed E-state index contributed by atoms with van der Waals surface area (Å²) >= 11 is 0. The van der Waals surface area contributed by atoms with Crippen LogP contribution in [-0.4, -0.2) is 29.2 Å². The van der Waals surface area contributed by atoms with Crippen LogP contribution in [-0.2, 0) is 15.0 Å². The van der Waals surface area contributed by atoms with Crippen molar-refractivity contribution in [2.24, 2.45) is 5.92 Å². The number of ketones is 1. The Balaban J connectivity index is 1.29. The zero-order valence-corrected chi connectivity index (χ0v) is 18.2. The first-order chi connectivity index (χ1) is 14.6. The molecule has 0 radical (unpaired) electrons. The maximum atomic E-state index is 13.8. The lowest BCUT2D eigenvalue weighted by Crippen LogP contribution is -2.49. The number of unbranched alkanes of at least 4 members (excludes halogenated alkanes) is 1. The molecule has 1 saturated heterocycles. The third-order valence-electron chi connectivity index (χ3n) is 7.98. The highest BCUT2D eigenvalue weighted by atomic mass is 19.1. The van der Waals surface area contributed by atoms with Crippen LogP contribution in [0.3, 0.4) is 0 Å². The molecule has 0 bridgehead atoms. The number of rotatable bonds is 7. The van der Waals surface area contributed by atoms with Crippen LogP contribution < -0.4 is 0 Å². The number of Topliss-reactive ketones (excluding diaryl/α,β-unsaturated/α-hetero) is 1. The van der Waals surface area contributed by atoms with Gasteiger partial charge in [-0.2, -0.15) is 0 Å². The van der Waals surface area contributed by atoms with Crippen molar-refractivity contribution in [3.05, 3.63) is 35.6 Å². The third kappa shape index (κ3) is 4.48. The van der Waals surface area contributed by atoms with Crippen LogP contribution in [0.1, 0.15) is 95.5 Å². The van der Waals surface area contributed by atoms with Crippen molar-refractivity contribution in [2.75, 3.05) is 6.54 Å². The predicted octanol–water partition coefficient (Wildman–Crippen LogP) is 5.95. The molecule has 30 heavy (non-hydrogen) atoms. The summed E-state index contributed by atoms with van der Waals surface area (Å²) in [5, 5.41) is 0. The van der Waals surface area contributed by atoms with Gasteiger partial charge in [-0.25, -0.2) is 4.39 Å². The van der Waals surface area contributed by atoms with E-state index in [0.717, 1.165) is 57.1 Å². The highest BCUT2D eigenvalue weighted by Gasteiger charge is 2.42. The molecule has 3 aliphatic rings. The molecule has 1 aromatic rings. The number of carbonyl (C=O) groups is 2. The van der Waals surface area contributed by atoms with Gasteiger partial charge < -0.3 is 4.90 Å². The Labute approximate surface area is 180 Å². The predicted molar refractivity (Wildman–Crippen MR) is 117 cm³/mol. The van der Waals surface area contributed by atoms with Crippen molar-refractivity contribution < 1.29 is 14.0 Å². The minimum absolute atomic E-state index is 0.239. The number of carbonyl (C=O) groups excluding carboxylic acids is 2. The third-order valence-corrected chi connectivity index (χ3v) is 7.98. The van der Waals surface area contributed by atoms with Crippen molar-refractivity contribution in [1.29, 1.82) is 0 Å². The van der Waals surface area contributed by atoms with E-state index in [-0.39, 0.29) is 11.6 Å². The molecular weight excluding hydrogens is 377 g/mol. The molecular formula is C26H36FNO2. The maximum Gasteiger partial charge on any atom is 0.222 e. The van der Waals surface area contributed by atoms with E-state index in [1.54, 1.807) is 12.1 Å². The van der Waals surface area contributed by atoms with E-state index in [1.165, 1.54) is 38.2 Å². The Hall–Kier alpha value is -1.71. The Bertz CT molecular complexity index is 753. The van der Waals surface area contributed by atoms with Crippen LogP contribution in [0, 0.1) is 11.7 Å². The second-order valence-electron chi connectivity index (χ2n) is 9.77. The van der Waals surface area contributed by atoms with Crippen molar-refractivity contribution in [3.8, 4) is 0 Å². The smallest absolute Gasteiger partial charge is 0.222 e. The van der Waals surface area contributed by atoms with Gasteiger partial charge in [-0.3, -0.25) is 9.59 Å². The molecule has 1 heterocycles. The summed E-state index contributed by atoms with van der Waals surface area (Å²) in [5.74, 6) is 0.981. The maximum absolute atomic E-state index is 13.8. The number of likely N-dealkylation sites (tertiary alicyclic amines) is 1. The molecule has 0 N–H and O–H groups in total. The summed E-state index contributed by atoms with van der Waals surface area (Å²) in [7, 11) is 0. The monoisotopic (exact) mass is 413 g/mol. The van der Waals surface area contributed by atoms with Crippen LogP contribution >= 0.6 is 0 Å². The van der Waals surface area contributed by atoms with Crippen molar-refractivity contribution >= 4 is 11.7 Å². The quantitative estimate of drug-likeness (QED) is 0.518. The number of amides is 1. The molecule has 3 nitrogen and oxygen atoms in total. The number of piperidine rings is 1.